The van der Waals surface area contributed by atoms with E-state index in [0.29, 0.717) is 40.0 Å². The number of hydrogen-bond donors (Lipinski definition) is 3. The van der Waals surface area contributed by atoms with Gasteiger partial charge < -0.3 is 25.4 Å². The first-order valence-electron chi connectivity index (χ1n) is 17.1. The van der Waals surface area contributed by atoms with Gasteiger partial charge in [-0.3, -0.25) is 14.4 Å². The van der Waals surface area contributed by atoms with Crippen LogP contribution in [0.2, 0.25) is 0 Å². The summed E-state index contributed by atoms with van der Waals surface area (Å²) in [5.41, 5.74) is 5.41. The van der Waals surface area contributed by atoms with Crippen molar-refractivity contribution in [3.63, 3.8) is 0 Å². The fourth-order valence-electron chi connectivity index (χ4n) is 5.49. The summed E-state index contributed by atoms with van der Waals surface area (Å²) in [6.07, 6.45) is 2.21. The Balaban J connectivity index is 1.15. The van der Waals surface area contributed by atoms with E-state index in [1.54, 1.807) is 50.6 Å². The number of ether oxygens (including phenoxy) is 2. The van der Waals surface area contributed by atoms with E-state index in [9.17, 15) is 14.4 Å². The zero-order chi connectivity index (χ0) is 37.9. The number of hydrogen-bond acceptors (Lipinski definition) is 8. The Morgan fingerprint density at radius 2 is 1.44 bits per heavy atom. The van der Waals surface area contributed by atoms with Gasteiger partial charge in [0.15, 0.2) is 16.6 Å². The molecule has 1 atom stereocenters. The largest absolute Gasteiger partial charge is 0.493 e. The molecule has 1 heterocycles. The van der Waals surface area contributed by atoms with Crippen molar-refractivity contribution in [2.24, 2.45) is 0 Å². The Kier molecular flexibility index (Phi) is 12.6. The lowest BCUT2D eigenvalue weighted by molar-refractivity contribution is -0.116. The van der Waals surface area contributed by atoms with Gasteiger partial charge in [0.2, 0.25) is 5.91 Å². The molecule has 0 saturated heterocycles. The van der Waals surface area contributed by atoms with Gasteiger partial charge in [-0.25, -0.2) is 4.98 Å². The first-order valence-corrected chi connectivity index (χ1v) is 18.9. The highest BCUT2D eigenvalue weighted by Gasteiger charge is 2.21. The second-order valence-corrected chi connectivity index (χ2v) is 14.1. The smallest absolute Gasteiger partial charge is 0.272 e. The molecule has 0 aliphatic rings. The normalized spacial score (nSPS) is 11.6. The quantitative estimate of drug-likeness (QED) is 0.0749. The fraction of sp³-hybridized carbons (Fsp3) is 0.116. The summed E-state index contributed by atoms with van der Waals surface area (Å²) in [5, 5.41) is 10.6. The van der Waals surface area contributed by atoms with Crippen LogP contribution in [0, 0.1) is 0 Å². The molecule has 272 valence electrons. The second kappa shape index (κ2) is 18.0. The van der Waals surface area contributed by atoms with Crippen LogP contribution in [0.1, 0.15) is 29.3 Å². The number of aromatic nitrogens is 1. The van der Waals surface area contributed by atoms with Gasteiger partial charge in [0.05, 0.1) is 25.2 Å². The third-order valence-electron chi connectivity index (χ3n) is 8.30. The third kappa shape index (κ3) is 9.62. The van der Waals surface area contributed by atoms with Crippen LogP contribution in [0.25, 0.3) is 28.5 Å². The zero-order valence-electron chi connectivity index (χ0n) is 29.9. The van der Waals surface area contributed by atoms with E-state index in [0.717, 1.165) is 27.1 Å². The van der Waals surface area contributed by atoms with Gasteiger partial charge >= 0.3 is 0 Å². The summed E-state index contributed by atoms with van der Waals surface area (Å²) in [7, 11) is 3.16. The lowest BCUT2D eigenvalue weighted by atomic mass is 10.0. The molecule has 0 saturated carbocycles. The standard InChI is InChI=1S/C43H38N4O5S2/c1-4-39(42(50)47-43-46-36(27-53-43)32-22-23-37(51-2)38(25-32)52-3)54-34-17-11-16-33(26-34)44-41(49)35(45-40(48)31-14-9-6-10-15-31)24-28-18-20-30(21-19-28)29-12-7-5-8-13-29/h5-27,39H,4H2,1-3H3,(H,44,49)(H,45,48)(H,46,47,50)/b35-24+. The minimum Gasteiger partial charge on any atom is -0.493 e. The number of rotatable bonds is 14. The summed E-state index contributed by atoms with van der Waals surface area (Å²) < 4.78 is 10.8. The average molecular weight is 755 g/mol. The zero-order valence-corrected chi connectivity index (χ0v) is 31.5. The van der Waals surface area contributed by atoms with E-state index < -0.39 is 17.1 Å². The van der Waals surface area contributed by atoms with Gasteiger partial charge in [-0.2, -0.15) is 0 Å². The SMILES string of the molecule is CCC(Sc1cccc(NC(=O)/C(=C\c2ccc(-c3ccccc3)cc2)NC(=O)c2ccccc2)c1)C(=O)Nc1nc(-c2ccc(OC)c(OC)c2)cs1. The molecule has 6 rings (SSSR count). The number of benzene rings is 5. The summed E-state index contributed by atoms with van der Waals surface area (Å²) in [6.45, 7) is 1.94. The van der Waals surface area contributed by atoms with E-state index in [1.807, 2.05) is 109 Å². The maximum atomic E-state index is 13.8. The molecular formula is C43H38N4O5S2. The van der Waals surface area contributed by atoms with Crippen molar-refractivity contribution in [2.45, 2.75) is 23.5 Å². The first-order chi connectivity index (χ1) is 26.3. The number of nitrogens with zero attached hydrogens (tertiary/aromatic N) is 1. The first kappa shape index (κ1) is 37.6. The Morgan fingerprint density at radius 1 is 0.759 bits per heavy atom. The van der Waals surface area contributed by atoms with E-state index in [4.69, 9.17) is 9.47 Å². The van der Waals surface area contributed by atoms with Gasteiger partial charge in [0.25, 0.3) is 11.8 Å². The molecule has 0 fully saturated rings. The lowest BCUT2D eigenvalue weighted by Crippen LogP contribution is -2.30. The summed E-state index contributed by atoms with van der Waals surface area (Å²) in [4.78, 5) is 45.8. The number of thioether (sulfide) groups is 1. The average Bonchev–Trinajstić information content (AvgIpc) is 3.68. The Morgan fingerprint density at radius 3 is 2.15 bits per heavy atom. The fourth-order valence-corrected chi connectivity index (χ4v) is 7.22. The highest BCUT2D eigenvalue weighted by atomic mass is 32.2. The van der Waals surface area contributed by atoms with Crippen LogP contribution in [0.4, 0.5) is 10.8 Å². The van der Waals surface area contributed by atoms with E-state index in [2.05, 4.69) is 20.9 Å². The van der Waals surface area contributed by atoms with Crippen LogP contribution in [0.3, 0.4) is 0 Å². The Labute approximate surface area is 322 Å². The molecule has 0 radical (unpaired) electrons. The molecule has 0 aliphatic carbocycles. The van der Waals surface area contributed by atoms with Crippen LogP contribution >= 0.6 is 23.1 Å². The van der Waals surface area contributed by atoms with Gasteiger partial charge in [0.1, 0.15) is 5.70 Å². The maximum absolute atomic E-state index is 13.8. The molecule has 3 amide bonds. The van der Waals surface area contributed by atoms with Crippen molar-refractivity contribution in [3.05, 3.63) is 150 Å². The highest BCUT2D eigenvalue weighted by molar-refractivity contribution is 8.00. The molecule has 11 heteroatoms. The summed E-state index contributed by atoms with van der Waals surface area (Å²) >= 11 is 2.72. The topological polar surface area (TPSA) is 119 Å². The van der Waals surface area contributed by atoms with Crippen molar-refractivity contribution >= 4 is 57.7 Å². The van der Waals surface area contributed by atoms with E-state index in [-0.39, 0.29) is 11.6 Å². The van der Waals surface area contributed by atoms with Crippen LogP contribution < -0.4 is 25.4 Å². The van der Waals surface area contributed by atoms with Gasteiger partial charge in [-0.05, 0) is 77.7 Å². The van der Waals surface area contributed by atoms with Crippen molar-refractivity contribution in [2.75, 3.05) is 24.9 Å². The number of nitrogens with one attached hydrogen (secondary N) is 3. The molecule has 3 N–H and O–H groups in total. The summed E-state index contributed by atoms with van der Waals surface area (Å²) in [6, 6.07) is 39.3. The predicted molar refractivity (Wildman–Crippen MR) is 218 cm³/mol. The molecule has 0 aliphatic heterocycles. The van der Waals surface area contributed by atoms with Gasteiger partial charge in [0, 0.05) is 27.1 Å². The van der Waals surface area contributed by atoms with Crippen LogP contribution in [-0.2, 0) is 9.59 Å². The van der Waals surface area contributed by atoms with Crippen molar-refractivity contribution in [3.8, 4) is 33.9 Å². The molecule has 0 bridgehead atoms. The van der Waals surface area contributed by atoms with Crippen molar-refractivity contribution < 1.29 is 23.9 Å². The van der Waals surface area contributed by atoms with Gasteiger partial charge in [-0.15, -0.1) is 23.1 Å². The number of carbonyl (C=O) groups excluding carboxylic acids is 3. The number of carbonyl (C=O) groups is 3. The predicted octanol–water partition coefficient (Wildman–Crippen LogP) is 9.41. The number of methoxy groups -OCH3 is 2. The molecule has 6 aromatic rings. The van der Waals surface area contributed by atoms with Crippen LogP contribution in [-0.4, -0.2) is 42.2 Å². The Bertz CT molecular complexity index is 2260. The second-order valence-electron chi connectivity index (χ2n) is 12.0. The molecule has 1 aromatic heterocycles. The number of thiazole rings is 1. The summed E-state index contributed by atoms with van der Waals surface area (Å²) in [5.74, 6) is 0.125. The minimum absolute atomic E-state index is 0.0797. The van der Waals surface area contributed by atoms with Crippen molar-refractivity contribution in [1.29, 1.82) is 0 Å². The molecule has 9 nitrogen and oxygen atoms in total. The molecule has 0 spiro atoms. The van der Waals surface area contributed by atoms with E-state index in [1.165, 1.54) is 23.1 Å². The monoisotopic (exact) mass is 754 g/mol. The van der Waals surface area contributed by atoms with Crippen LogP contribution in [0.15, 0.2) is 143 Å². The highest BCUT2D eigenvalue weighted by Crippen LogP contribution is 2.34. The maximum Gasteiger partial charge on any atom is 0.272 e. The molecule has 5 aromatic carbocycles. The van der Waals surface area contributed by atoms with Crippen molar-refractivity contribution in [1.82, 2.24) is 10.3 Å². The third-order valence-corrected chi connectivity index (χ3v) is 10.4. The molecule has 54 heavy (non-hydrogen) atoms. The molecule has 1 unspecified atom stereocenters. The van der Waals surface area contributed by atoms with E-state index >= 15 is 0 Å². The van der Waals surface area contributed by atoms with Crippen LogP contribution in [0.5, 0.6) is 11.5 Å². The number of anilines is 2. The number of amides is 3. The lowest BCUT2D eigenvalue weighted by Gasteiger charge is -2.15. The minimum atomic E-state index is -0.493. The Hall–Kier alpha value is -6.17. The molecular weight excluding hydrogens is 717 g/mol. The van der Waals surface area contributed by atoms with Gasteiger partial charge in [-0.1, -0.05) is 85.8 Å².